The predicted molar refractivity (Wildman–Crippen MR) is 201 cm³/mol. The van der Waals surface area contributed by atoms with Crippen LogP contribution in [0, 0.1) is 40.4 Å². The molecule has 5 saturated carbocycles. The first-order valence-electron chi connectivity index (χ1n) is 20.3. The molecule has 6 fully saturated rings. The zero-order valence-corrected chi connectivity index (χ0v) is 31.1. The van der Waals surface area contributed by atoms with Crippen LogP contribution in [0.1, 0.15) is 122 Å². The molecule has 1 aromatic carbocycles. The van der Waals surface area contributed by atoms with Gasteiger partial charge >= 0.3 is 0 Å². The van der Waals surface area contributed by atoms with E-state index < -0.39 is 11.8 Å². The minimum Gasteiger partial charge on any atom is -0.471 e. The number of hydrogen-bond donors (Lipinski definition) is 5. The van der Waals surface area contributed by atoms with Crippen molar-refractivity contribution in [1.29, 1.82) is 0 Å². The van der Waals surface area contributed by atoms with Crippen molar-refractivity contribution in [2.75, 3.05) is 6.54 Å². The fraction of sp³-hybridized carbons (Fsp3) is 0.744. The van der Waals surface area contributed by atoms with Crippen LogP contribution in [-0.4, -0.2) is 57.5 Å². The molecule has 0 amide bonds. The fourth-order valence-corrected chi connectivity index (χ4v) is 12.5. The zero-order valence-electron chi connectivity index (χ0n) is 31.1. The van der Waals surface area contributed by atoms with Gasteiger partial charge in [0.1, 0.15) is 6.23 Å². The number of aliphatic hydroxyl groups is 3. The van der Waals surface area contributed by atoms with Gasteiger partial charge in [0.2, 0.25) is 0 Å². The minimum absolute atomic E-state index is 0.0353. The van der Waals surface area contributed by atoms with E-state index in [2.05, 4.69) is 30.2 Å². The van der Waals surface area contributed by atoms with E-state index in [1.54, 1.807) is 12.5 Å². The molecule has 8 heteroatoms. The third-order valence-electron chi connectivity index (χ3n) is 15.5. The summed E-state index contributed by atoms with van der Waals surface area (Å²) in [5.74, 6) is 2.87. The van der Waals surface area contributed by atoms with Gasteiger partial charge in [0.15, 0.2) is 5.96 Å². The van der Waals surface area contributed by atoms with Crippen molar-refractivity contribution in [3.8, 4) is 0 Å². The first-order valence-corrected chi connectivity index (χ1v) is 20.3. The van der Waals surface area contributed by atoms with Crippen molar-refractivity contribution in [2.24, 2.45) is 51.1 Å². The third-order valence-corrected chi connectivity index (χ3v) is 15.5. The molecule has 5 aliphatic carbocycles. The Kier molecular flexibility index (Phi) is 9.41. The second-order valence-electron chi connectivity index (χ2n) is 18.8. The summed E-state index contributed by atoms with van der Waals surface area (Å²) in [5, 5.41) is 38.0. The highest BCUT2D eigenvalue weighted by Gasteiger charge is 2.67. The molecule has 8 rings (SSSR count). The molecule has 0 bridgehead atoms. The van der Waals surface area contributed by atoms with E-state index in [-0.39, 0.29) is 28.5 Å². The number of nitrogens with zero attached hydrogens (tertiary/aromatic N) is 1. The predicted octanol–water partition coefficient (Wildman–Crippen LogP) is 7.39. The number of epoxide rings is 1. The lowest BCUT2D eigenvalue weighted by Gasteiger charge is -2.58. The Morgan fingerprint density at radius 3 is 2.78 bits per heavy atom. The van der Waals surface area contributed by atoms with Crippen molar-refractivity contribution < 1.29 is 24.5 Å². The Hall–Kier alpha value is -2.39. The van der Waals surface area contributed by atoms with E-state index >= 15 is 0 Å². The molecular formula is C43H63N3O5. The monoisotopic (exact) mass is 701 g/mol. The minimum atomic E-state index is -0.690. The van der Waals surface area contributed by atoms with Crippen LogP contribution in [0.3, 0.4) is 0 Å². The van der Waals surface area contributed by atoms with Gasteiger partial charge in [0.25, 0.3) is 0 Å². The second-order valence-corrected chi connectivity index (χ2v) is 18.8. The number of allylic oxidation sites excluding steroid dienone is 1. The number of aliphatic hydroxyl groups excluding tert-OH is 2. The number of guanidine groups is 1. The van der Waals surface area contributed by atoms with Crippen LogP contribution in [0.2, 0.25) is 0 Å². The normalized spacial score (nSPS) is 43.2. The summed E-state index contributed by atoms with van der Waals surface area (Å²) in [5.41, 5.74) is 8.62. The molecule has 2 aromatic rings. The van der Waals surface area contributed by atoms with Crippen LogP contribution in [0.25, 0.3) is 10.8 Å². The molecule has 12 atom stereocenters. The molecule has 1 saturated heterocycles. The molecule has 0 radical (unpaired) electrons. The molecule has 6 aliphatic rings. The number of furan rings is 1. The standard InChI is InChI=1S/C43H63N3O5/c1-27-21-42(17-11-28(22-42)12-18-43(49)15-5-8-33(47)23-43)38-41(3,51-38)16-13-36-34(27)24-40(36,2)32-10-9-30(20-32)37(48)46-39(44)45-19-14-29-6-4-7-31-25-50-26-35(29)31/h4,6-7,25-26,28,30,32-34,36-38,47-49H,1,5,8-24H2,2-3H3,(H3,44,45,46). The number of ether oxygens (including phenoxy) is 1. The van der Waals surface area contributed by atoms with Crippen molar-refractivity contribution in [3.63, 3.8) is 0 Å². The van der Waals surface area contributed by atoms with Gasteiger partial charge in [-0.05, 0) is 144 Å². The molecule has 12 unspecified atom stereocenters. The summed E-state index contributed by atoms with van der Waals surface area (Å²) < 4.78 is 12.1. The maximum absolute atomic E-state index is 11.2. The molecule has 1 spiro atoms. The van der Waals surface area contributed by atoms with Crippen molar-refractivity contribution in [1.82, 2.24) is 5.32 Å². The van der Waals surface area contributed by atoms with Gasteiger partial charge in [-0.2, -0.15) is 0 Å². The van der Waals surface area contributed by atoms with E-state index in [4.69, 9.17) is 21.5 Å². The lowest BCUT2D eigenvalue weighted by Crippen LogP contribution is -2.51. The average Bonchev–Trinajstić information content (AvgIpc) is 3.55. The van der Waals surface area contributed by atoms with Crippen LogP contribution >= 0.6 is 0 Å². The average molecular weight is 702 g/mol. The zero-order chi connectivity index (χ0) is 35.6. The maximum Gasteiger partial charge on any atom is 0.190 e. The number of nitrogens with one attached hydrogen (secondary N) is 1. The second kappa shape index (κ2) is 13.5. The highest BCUT2D eigenvalue weighted by Crippen LogP contribution is 2.69. The molecule has 1 aliphatic heterocycles. The number of rotatable bonds is 9. The smallest absolute Gasteiger partial charge is 0.190 e. The first-order chi connectivity index (χ1) is 24.4. The van der Waals surface area contributed by atoms with Crippen molar-refractivity contribution in [3.05, 3.63) is 48.4 Å². The van der Waals surface area contributed by atoms with Gasteiger partial charge in [0, 0.05) is 35.1 Å². The first kappa shape index (κ1) is 35.6. The van der Waals surface area contributed by atoms with Gasteiger partial charge < -0.3 is 35.5 Å². The van der Waals surface area contributed by atoms with Crippen molar-refractivity contribution >= 4 is 16.7 Å². The van der Waals surface area contributed by atoms with Crippen LogP contribution < -0.4 is 11.1 Å². The fourth-order valence-electron chi connectivity index (χ4n) is 12.5. The Morgan fingerprint density at radius 1 is 1.08 bits per heavy atom. The van der Waals surface area contributed by atoms with E-state index in [1.165, 1.54) is 43.2 Å². The topological polar surface area (TPSA) is 137 Å². The highest BCUT2D eigenvalue weighted by atomic mass is 16.6. The summed E-state index contributed by atoms with van der Waals surface area (Å²) >= 11 is 0. The number of aliphatic imine (C=N–C) groups is 1. The summed E-state index contributed by atoms with van der Waals surface area (Å²) in [6.07, 6.45) is 19.9. The summed E-state index contributed by atoms with van der Waals surface area (Å²) in [6.45, 7) is 10.3. The molecule has 6 N–H and O–H groups in total. The third kappa shape index (κ3) is 6.81. The number of hydrogen-bond acceptors (Lipinski definition) is 6. The van der Waals surface area contributed by atoms with E-state index in [0.717, 1.165) is 81.4 Å². The largest absolute Gasteiger partial charge is 0.471 e. The van der Waals surface area contributed by atoms with Gasteiger partial charge in [-0.1, -0.05) is 37.3 Å². The van der Waals surface area contributed by atoms with Gasteiger partial charge in [-0.15, -0.1) is 0 Å². The molecule has 1 aromatic heterocycles. The molecule has 51 heavy (non-hydrogen) atoms. The summed E-state index contributed by atoms with van der Waals surface area (Å²) in [4.78, 5) is 4.55. The Morgan fingerprint density at radius 2 is 1.94 bits per heavy atom. The number of nitrogens with two attached hydrogens (primary N) is 1. The van der Waals surface area contributed by atoms with Crippen LogP contribution in [0.5, 0.6) is 0 Å². The summed E-state index contributed by atoms with van der Waals surface area (Å²) in [7, 11) is 0. The van der Waals surface area contributed by atoms with E-state index in [1.807, 2.05) is 12.1 Å². The molecule has 8 nitrogen and oxygen atoms in total. The summed E-state index contributed by atoms with van der Waals surface area (Å²) in [6, 6.07) is 6.18. The van der Waals surface area contributed by atoms with Gasteiger partial charge in [-0.25, -0.2) is 0 Å². The highest BCUT2D eigenvalue weighted by molar-refractivity contribution is 5.84. The lowest BCUT2D eigenvalue weighted by atomic mass is 9.46. The molecule has 280 valence electrons. The molecular weight excluding hydrogens is 638 g/mol. The van der Waals surface area contributed by atoms with E-state index in [0.29, 0.717) is 48.7 Å². The van der Waals surface area contributed by atoms with Crippen LogP contribution in [0.15, 0.2) is 52.3 Å². The van der Waals surface area contributed by atoms with Gasteiger partial charge in [-0.3, -0.25) is 4.99 Å². The Balaban J connectivity index is 0.856. The van der Waals surface area contributed by atoms with Gasteiger partial charge in [0.05, 0.1) is 35.9 Å². The Bertz CT molecular complexity index is 1620. The number of benzene rings is 1. The van der Waals surface area contributed by atoms with Crippen molar-refractivity contribution in [2.45, 2.75) is 153 Å². The lowest BCUT2D eigenvalue weighted by molar-refractivity contribution is -0.0712. The molecule has 2 heterocycles. The number of fused-ring (bicyclic) bond motifs is 4. The SMILES string of the molecule is C=C1CC2(CCC(CCC3(O)CCCC(O)C3)C2)C2OC2(C)CCC2C1CC2(C)C1CCC(C(O)NC(N)=NCCc2cccc3cocc23)C1. The quantitative estimate of drug-likeness (QED) is 0.0605. The maximum atomic E-state index is 11.2. The van der Waals surface area contributed by atoms with E-state index in [9.17, 15) is 15.3 Å². The Labute approximate surface area is 304 Å². The van der Waals surface area contributed by atoms with Crippen LogP contribution in [-0.2, 0) is 11.2 Å². The van der Waals surface area contributed by atoms with Crippen LogP contribution in [0.4, 0.5) is 0 Å².